The number of aryl methyl sites for hydroxylation is 5. The third-order valence-corrected chi connectivity index (χ3v) is 3.63. The van der Waals surface area contributed by atoms with Crippen molar-refractivity contribution in [2.45, 2.75) is 32.9 Å². The van der Waals surface area contributed by atoms with Gasteiger partial charge in [-0.15, -0.1) is 0 Å². The number of rotatable bonds is 6. The van der Waals surface area contributed by atoms with Gasteiger partial charge in [-0.1, -0.05) is 30.3 Å². The Morgan fingerprint density at radius 3 is 2.48 bits per heavy atom. The van der Waals surface area contributed by atoms with Crippen LogP contribution >= 0.6 is 0 Å². The molecule has 0 N–H and O–H groups in total. The zero-order valence-electron chi connectivity index (χ0n) is 12.2. The third kappa shape index (κ3) is 3.37. The Morgan fingerprint density at radius 2 is 1.71 bits per heavy atom. The van der Waals surface area contributed by atoms with Gasteiger partial charge in [0, 0.05) is 31.4 Å². The molecule has 3 aromatic rings. The number of hydrogen-bond donors (Lipinski definition) is 0. The standard InChI is InChI=1S/C16H19N5/c1-14-7-10-18-20(14)12-9-16-17-13-19-21(16)11-8-15-5-3-2-4-6-15/h2-7,10,13H,8-9,11-12H2,1H3. The molecule has 0 saturated carbocycles. The number of benzene rings is 1. The highest BCUT2D eigenvalue weighted by atomic mass is 15.3. The van der Waals surface area contributed by atoms with Gasteiger partial charge in [-0.3, -0.25) is 4.68 Å². The van der Waals surface area contributed by atoms with E-state index >= 15 is 0 Å². The fourth-order valence-electron chi connectivity index (χ4n) is 2.39. The molecule has 0 fully saturated rings. The monoisotopic (exact) mass is 281 g/mol. The minimum Gasteiger partial charge on any atom is -0.269 e. The van der Waals surface area contributed by atoms with Gasteiger partial charge in [0.2, 0.25) is 0 Å². The zero-order chi connectivity index (χ0) is 14.5. The quantitative estimate of drug-likeness (QED) is 0.696. The van der Waals surface area contributed by atoms with Crippen LogP contribution in [-0.4, -0.2) is 24.5 Å². The Bertz CT molecular complexity index is 684. The predicted octanol–water partition coefficient (Wildman–Crippen LogP) is 2.27. The van der Waals surface area contributed by atoms with Crippen LogP contribution < -0.4 is 0 Å². The molecule has 2 aromatic heterocycles. The minimum atomic E-state index is 0.836. The zero-order valence-corrected chi connectivity index (χ0v) is 12.2. The summed E-state index contributed by atoms with van der Waals surface area (Å²) in [7, 11) is 0. The molecule has 0 atom stereocenters. The first kappa shape index (κ1) is 13.5. The van der Waals surface area contributed by atoms with E-state index in [1.165, 1.54) is 11.3 Å². The van der Waals surface area contributed by atoms with Crippen LogP contribution in [0.3, 0.4) is 0 Å². The molecule has 0 saturated heterocycles. The fraction of sp³-hybridized carbons (Fsp3) is 0.312. The Morgan fingerprint density at radius 1 is 0.905 bits per heavy atom. The lowest BCUT2D eigenvalue weighted by atomic mass is 10.1. The van der Waals surface area contributed by atoms with Crippen LogP contribution in [0.2, 0.25) is 0 Å². The lowest BCUT2D eigenvalue weighted by Crippen LogP contribution is -2.12. The molecule has 0 spiro atoms. The molecular weight excluding hydrogens is 262 g/mol. The summed E-state index contributed by atoms with van der Waals surface area (Å²) in [5.74, 6) is 1.01. The maximum atomic E-state index is 4.37. The van der Waals surface area contributed by atoms with E-state index in [4.69, 9.17) is 0 Å². The van der Waals surface area contributed by atoms with E-state index in [0.717, 1.165) is 31.8 Å². The van der Waals surface area contributed by atoms with E-state index in [0.29, 0.717) is 0 Å². The van der Waals surface area contributed by atoms with Crippen LogP contribution in [-0.2, 0) is 25.9 Å². The smallest absolute Gasteiger partial charge is 0.138 e. The molecule has 3 rings (SSSR count). The molecule has 5 nitrogen and oxygen atoms in total. The van der Waals surface area contributed by atoms with Crippen molar-refractivity contribution in [3.8, 4) is 0 Å². The molecule has 0 aliphatic rings. The van der Waals surface area contributed by atoms with Crippen molar-refractivity contribution >= 4 is 0 Å². The van der Waals surface area contributed by atoms with E-state index in [-0.39, 0.29) is 0 Å². The molecule has 5 heteroatoms. The van der Waals surface area contributed by atoms with Gasteiger partial charge in [-0.25, -0.2) is 9.67 Å². The molecule has 0 bridgehead atoms. The molecule has 0 unspecified atom stereocenters. The van der Waals surface area contributed by atoms with Crippen LogP contribution in [0.5, 0.6) is 0 Å². The van der Waals surface area contributed by atoms with Crippen LogP contribution in [0.15, 0.2) is 48.9 Å². The molecule has 0 aliphatic carbocycles. The second-order valence-electron chi connectivity index (χ2n) is 5.08. The van der Waals surface area contributed by atoms with Gasteiger partial charge in [0.15, 0.2) is 0 Å². The van der Waals surface area contributed by atoms with E-state index in [9.17, 15) is 0 Å². The summed E-state index contributed by atoms with van der Waals surface area (Å²) >= 11 is 0. The second-order valence-corrected chi connectivity index (χ2v) is 5.08. The average molecular weight is 281 g/mol. The van der Waals surface area contributed by atoms with Crippen LogP contribution in [0.4, 0.5) is 0 Å². The largest absolute Gasteiger partial charge is 0.269 e. The Labute approximate surface area is 124 Å². The molecule has 1 aromatic carbocycles. The van der Waals surface area contributed by atoms with Gasteiger partial charge < -0.3 is 0 Å². The normalized spacial score (nSPS) is 10.9. The summed E-state index contributed by atoms with van der Waals surface area (Å²) in [5, 5.41) is 8.63. The van der Waals surface area contributed by atoms with E-state index in [1.807, 2.05) is 27.7 Å². The molecule has 108 valence electrons. The molecule has 2 heterocycles. The predicted molar refractivity (Wildman–Crippen MR) is 80.8 cm³/mol. The molecule has 0 aliphatic heterocycles. The summed E-state index contributed by atoms with van der Waals surface area (Å²) in [6.45, 7) is 3.76. The number of aromatic nitrogens is 5. The SMILES string of the molecule is Cc1ccnn1CCc1ncnn1CCc1ccccc1. The van der Waals surface area contributed by atoms with Gasteiger partial charge in [0.1, 0.15) is 12.2 Å². The van der Waals surface area contributed by atoms with Gasteiger partial charge >= 0.3 is 0 Å². The molecule has 0 radical (unpaired) electrons. The lowest BCUT2D eigenvalue weighted by molar-refractivity contribution is 0.533. The van der Waals surface area contributed by atoms with Crippen LogP contribution in [0.25, 0.3) is 0 Å². The van der Waals surface area contributed by atoms with Crippen molar-refractivity contribution in [3.63, 3.8) is 0 Å². The fourth-order valence-corrected chi connectivity index (χ4v) is 2.39. The average Bonchev–Trinajstić information content (AvgIpc) is 3.13. The third-order valence-electron chi connectivity index (χ3n) is 3.63. The summed E-state index contributed by atoms with van der Waals surface area (Å²) in [5.41, 5.74) is 2.49. The first-order valence-electron chi connectivity index (χ1n) is 7.22. The van der Waals surface area contributed by atoms with Crippen molar-refractivity contribution < 1.29 is 0 Å². The van der Waals surface area contributed by atoms with Crippen LogP contribution in [0.1, 0.15) is 17.1 Å². The van der Waals surface area contributed by atoms with Gasteiger partial charge in [0.05, 0.1) is 0 Å². The Balaban J connectivity index is 1.60. The Hall–Kier alpha value is -2.43. The van der Waals surface area contributed by atoms with E-state index < -0.39 is 0 Å². The maximum Gasteiger partial charge on any atom is 0.138 e. The molecular formula is C16H19N5. The number of hydrogen-bond acceptors (Lipinski definition) is 3. The number of nitrogens with zero attached hydrogens (tertiary/aromatic N) is 5. The minimum absolute atomic E-state index is 0.836. The van der Waals surface area contributed by atoms with Crippen molar-refractivity contribution in [3.05, 3.63) is 66.0 Å². The summed E-state index contributed by atoms with van der Waals surface area (Å²) in [4.78, 5) is 4.37. The summed E-state index contributed by atoms with van der Waals surface area (Å²) in [6, 6.07) is 12.5. The summed E-state index contributed by atoms with van der Waals surface area (Å²) < 4.78 is 3.99. The van der Waals surface area contributed by atoms with Crippen molar-refractivity contribution in [1.29, 1.82) is 0 Å². The van der Waals surface area contributed by atoms with Gasteiger partial charge in [-0.05, 0) is 25.0 Å². The maximum absolute atomic E-state index is 4.37. The van der Waals surface area contributed by atoms with E-state index in [2.05, 4.69) is 46.4 Å². The van der Waals surface area contributed by atoms with E-state index in [1.54, 1.807) is 6.33 Å². The van der Waals surface area contributed by atoms with Crippen LogP contribution in [0, 0.1) is 6.92 Å². The van der Waals surface area contributed by atoms with Gasteiger partial charge in [0.25, 0.3) is 0 Å². The molecule has 21 heavy (non-hydrogen) atoms. The summed E-state index contributed by atoms with van der Waals surface area (Å²) in [6.07, 6.45) is 5.28. The highest BCUT2D eigenvalue weighted by molar-refractivity contribution is 5.14. The van der Waals surface area contributed by atoms with Gasteiger partial charge in [-0.2, -0.15) is 10.2 Å². The highest BCUT2D eigenvalue weighted by Gasteiger charge is 2.06. The van der Waals surface area contributed by atoms with Crippen molar-refractivity contribution in [1.82, 2.24) is 24.5 Å². The highest BCUT2D eigenvalue weighted by Crippen LogP contribution is 2.05. The second kappa shape index (κ2) is 6.35. The first-order chi connectivity index (χ1) is 10.3. The lowest BCUT2D eigenvalue weighted by Gasteiger charge is -2.07. The first-order valence-corrected chi connectivity index (χ1v) is 7.22. The Kier molecular flexibility index (Phi) is 4.09. The van der Waals surface area contributed by atoms with Crippen molar-refractivity contribution in [2.24, 2.45) is 0 Å². The van der Waals surface area contributed by atoms with Crippen molar-refractivity contribution in [2.75, 3.05) is 0 Å². The topological polar surface area (TPSA) is 48.5 Å². The molecule has 0 amide bonds.